The number of nitrogens with zero attached hydrogens (tertiary/aromatic N) is 3. The molecule has 0 bridgehead atoms. The first-order chi connectivity index (χ1) is 18.3. The molecule has 38 heavy (non-hydrogen) atoms. The standard InChI is InChI=1S/C30H35N3O5/c1-6-36-29(34)30(3,4)38-27-15-14-23(17-28(27)35-5)18-32(21-26-13-10-16-37-26)19-24-20-33(31-22(24)2)25-11-8-7-9-12-25/h7-17,20H,6,18-19,21H2,1-5H3. The topological polar surface area (TPSA) is 79.0 Å². The molecule has 0 aliphatic carbocycles. The molecule has 0 unspecified atom stereocenters. The van der Waals surface area contributed by atoms with Crippen molar-refractivity contribution in [3.05, 3.63) is 95.7 Å². The number of esters is 1. The van der Waals surface area contributed by atoms with E-state index in [9.17, 15) is 4.79 Å². The van der Waals surface area contributed by atoms with Gasteiger partial charge in [-0.25, -0.2) is 9.48 Å². The molecule has 0 fully saturated rings. The lowest BCUT2D eigenvalue weighted by atomic mass is 10.1. The van der Waals surface area contributed by atoms with Gasteiger partial charge < -0.3 is 18.6 Å². The SMILES string of the molecule is CCOC(=O)C(C)(C)Oc1ccc(CN(Cc2ccco2)Cc2cn(-c3ccccc3)nc2C)cc1OC. The van der Waals surface area contributed by atoms with Crippen molar-refractivity contribution in [2.75, 3.05) is 13.7 Å². The fourth-order valence-corrected chi connectivity index (χ4v) is 4.17. The molecule has 2 aromatic carbocycles. The van der Waals surface area contributed by atoms with E-state index in [1.807, 2.05) is 72.3 Å². The number of methoxy groups -OCH3 is 1. The summed E-state index contributed by atoms with van der Waals surface area (Å²) in [5, 5.41) is 4.73. The zero-order valence-electron chi connectivity index (χ0n) is 22.6. The second-order valence-electron chi connectivity index (χ2n) is 9.56. The molecule has 8 heteroatoms. The van der Waals surface area contributed by atoms with E-state index in [1.54, 1.807) is 34.1 Å². The average molecular weight is 518 g/mol. The van der Waals surface area contributed by atoms with Crippen LogP contribution in [0, 0.1) is 6.92 Å². The summed E-state index contributed by atoms with van der Waals surface area (Å²) in [4.78, 5) is 14.6. The average Bonchev–Trinajstić information content (AvgIpc) is 3.55. The summed E-state index contributed by atoms with van der Waals surface area (Å²) in [6, 6.07) is 19.7. The number of furan rings is 1. The molecule has 0 saturated heterocycles. The Kier molecular flexibility index (Phi) is 8.53. The molecule has 0 N–H and O–H groups in total. The number of rotatable bonds is 12. The summed E-state index contributed by atoms with van der Waals surface area (Å²) in [6.07, 6.45) is 3.77. The highest BCUT2D eigenvalue weighted by atomic mass is 16.6. The van der Waals surface area contributed by atoms with Crippen molar-refractivity contribution in [3.63, 3.8) is 0 Å². The van der Waals surface area contributed by atoms with Crippen LogP contribution in [0.5, 0.6) is 11.5 Å². The number of ether oxygens (including phenoxy) is 3. The van der Waals surface area contributed by atoms with Gasteiger partial charge in [-0.1, -0.05) is 24.3 Å². The minimum absolute atomic E-state index is 0.289. The molecule has 0 saturated carbocycles. The first kappa shape index (κ1) is 27.0. The monoisotopic (exact) mass is 517 g/mol. The third-order valence-electron chi connectivity index (χ3n) is 6.14. The maximum Gasteiger partial charge on any atom is 0.349 e. The molecule has 4 aromatic rings. The Morgan fingerprint density at radius 1 is 1.03 bits per heavy atom. The summed E-state index contributed by atoms with van der Waals surface area (Å²) < 4.78 is 24.3. The van der Waals surface area contributed by atoms with Crippen molar-refractivity contribution < 1.29 is 23.4 Å². The zero-order chi connectivity index (χ0) is 27.1. The van der Waals surface area contributed by atoms with Gasteiger partial charge in [-0.05, 0) is 69.7 Å². The maximum absolute atomic E-state index is 12.3. The van der Waals surface area contributed by atoms with Crippen molar-refractivity contribution in [2.45, 2.75) is 52.9 Å². The Hall–Kier alpha value is -4.04. The van der Waals surface area contributed by atoms with Crippen molar-refractivity contribution in [2.24, 2.45) is 0 Å². The Bertz CT molecular complexity index is 1330. The van der Waals surface area contributed by atoms with Crippen LogP contribution in [-0.4, -0.2) is 40.0 Å². The summed E-state index contributed by atoms with van der Waals surface area (Å²) in [6.45, 7) is 9.38. The smallest absolute Gasteiger partial charge is 0.349 e. The second-order valence-corrected chi connectivity index (χ2v) is 9.56. The fourth-order valence-electron chi connectivity index (χ4n) is 4.17. The lowest BCUT2D eigenvalue weighted by Gasteiger charge is -2.26. The summed E-state index contributed by atoms with van der Waals surface area (Å²) in [5.41, 5.74) is 3.00. The molecule has 0 amide bonds. The van der Waals surface area contributed by atoms with Crippen molar-refractivity contribution >= 4 is 5.97 Å². The van der Waals surface area contributed by atoms with Crippen LogP contribution in [-0.2, 0) is 29.2 Å². The van der Waals surface area contributed by atoms with E-state index in [4.69, 9.17) is 23.7 Å². The van der Waals surface area contributed by atoms with E-state index < -0.39 is 11.6 Å². The van der Waals surface area contributed by atoms with Crippen LogP contribution in [0.4, 0.5) is 0 Å². The third-order valence-corrected chi connectivity index (χ3v) is 6.14. The Balaban J connectivity index is 1.55. The maximum atomic E-state index is 12.3. The molecule has 2 heterocycles. The van der Waals surface area contributed by atoms with Gasteiger partial charge in [0.25, 0.3) is 0 Å². The molecule has 4 rings (SSSR count). The Morgan fingerprint density at radius 2 is 1.82 bits per heavy atom. The third kappa shape index (κ3) is 6.63. The van der Waals surface area contributed by atoms with Crippen LogP contribution >= 0.6 is 0 Å². The van der Waals surface area contributed by atoms with Gasteiger partial charge in [0.05, 0.1) is 37.9 Å². The molecule has 0 atom stereocenters. The number of hydrogen-bond donors (Lipinski definition) is 0. The van der Waals surface area contributed by atoms with Gasteiger partial charge in [0.2, 0.25) is 0 Å². The molecule has 200 valence electrons. The van der Waals surface area contributed by atoms with Crippen molar-refractivity contribution in [1.82, 2.24) is 14.7 Å². The highest BCUT2D eigenvalue weighted by Crippen LogP contribution is 2.32. The normalized spacial score (nSPS) is 11.5. The fraction of sp³-hybridized carbons (Fsp3) is 0.333. The van der Waals surface area contributed by atoms with E-state index in [1.165, 1.54) is 0 Å². The molecule has 2 aromatic heterocycles. The summed E-state index contributed by atoms with van der Waals surface area (Å²) >= 11 is 0. The van der Waals surface area contributed by atoms with Gasteiger partial charge in [0.1, 0.15) is 5.76 Å². The van der Waals surface area contributed by atoms with Crippen molar-refractivity contribution in [1.29, 1.82) is 0 Å². The Morgan fingerprint density at radius 3 is 2.50 bits per heavy atom. The van der Waals surface area contributed by atoms with Crippen molar-refractivity contribution in [3.8, 4) is 17.2 Å². The quantitative estimate of drug-likeness (QED) is 0.223. The highest BCUT2D eigenvalue weighted by Gasteiger charge is 2.32. The number of carbonyl (C=O) groups excluding carboxylic acids is 1. The molecular weight excluding hydrogens is 482 g/mol. The van der Waals surface area contributed by atoms with Crippen LogP contribution < -0.4 is 9.47 Å². The highest BCUT2D eigenvalue weighted by molar-refractivity contribution is 5.79. The van der Waals surface area contributed by atoms with Crippen LogP contribution in [0.25, 0.3) is 5.69 Å². The van der Waals surface area contributed by atoms with E-state index >= 15 is 0 Å². The summed E-state index contributed by atoms with van der Waals surface area (Å²) in [5.74, 6) is 1.47. The van der Waals surface area contributed by atoms with Gasteiger partial charge in [-0.3, -0.25) is 4.90 Å². The second kappa shape index (κ2) is 12.0. The largest absolute Gasteiger partial charge is 0.493 e. The number of para-hydroxylation sites is 1. The van der Waals surface area contributed by atoms with Gasteiger partial charge in [0.15, 0.2) is 17.1 Å². The zero-order valence-corrected chi connectivity index (χ0v) is 22.6. The van der Waals surface area contributed by atoms with Gasteiger partial charge in [-0.2, -0.15) is 5.10 Å². The van der Waals surface area contributed by atoms with Crippen LogP contribution in [0.1, 0.15) is 43.4 Å². The molecule has 0 aliphatic rings. The number of aryl methyl sites for hydroxylation is 1. The van der Waals surface area contributed by atoms with E-state index in [0.717, 1.165) is 28.3 Å². The van der Waals surface area contributed by atoms with Gasteiger partial charge in [0, 0.05) is 24.8 Å². The minimum Gasteiger partial charge on any atom is -0.493 e. The minimum atomic E-state index is -1.15. The van der Waals surface area contributed by atoms with Crippen LogP contribution in [0.2, 0.25) is 0 Å². The number of benzene rings is 2. The first-order valence-corrected chi connectivity index (χ1v) is 12.7. The van der Waals surface area contributed by atoms with E-state index in [0.29, 0.717) is 31.1 Å². The summed E-state index contributed by atoms with van der Waals surface area (Å²) in [7, 11) is 1.59. The van der Waals surface area contributed by atoms with E-state index in [-0.39, 0.29) is 6.61 Å². The van der Waals surface area contributed by atoms with Gasteiger partial charge >= 0.3 is 5.97 Å². The molecule has 0 spiro atoms. The Labute approximate surface area is 223 Å². The van der Waals surface area contributed by atoms with Crippen LogP contribution in [0.3, 0.4) is 0 Å². The first-order valence-electron chi connectivity index (χ1n) is 12.7. The number of aromatic nitrogens is 2. The molecular formula is C30H35N3O5. The lowest BCUT2D eigenvalue weighted by molar-refractivity contribution is -0.158. The number of hydrogen-bond acceptors (Lipinski definition) is 7. The van der Waals surface area contributed by atoms with Crippen LogP contribution in [0.15, 0.2) is 77.5 Å². The molecule has 8 nitrogen and oxygen atoms in total. The lowest BCUT2D eigenvalue weighted by Crippen LogP contribution is -2.39. The predicted octanol–water partition coefficient (Wildman–Crippen LogP) is 5.71. The van der Waals surface area contributed by atoms with Gasteiger partial charge in [-0.15, -0.1) is 0 Å². The number of carbonyl (C=O) groups is 1. The predicted molar refractivity (Wildman–Crippen MR) is 144 cm³/mol. The van der Waals surface area contributed by atoms with E-state index in [2.05, 4.69) is 11.1 Å². The molecule has 0 aliphatic heterocycles. The molecule has 0 radical (unpaired) electrons.